The molecule has 1 heterocycles. The third-order valence-corrected chi connectivity index (χ3v) is 2.45. The Morgan fingerprint density at radius 3 is 2.69 bits per heavy atom. The standard InChI is InChI=1S/C13H13NO2/c1-9-8-10(5-6-12(9)16-2)13-11(15)4-3-7-14-13/h3-8,15H,1-2H3. The van der Waals surface area contributed by atoms with Crippen molar-refractivity contribution in [3.63, 3.8) is 0 Å². The van der Waals surface area contributed by atoms with Gasteiger partial charge in [-0.05, 0) is 42.8 Å². The van der Waals surface area contributed by atoms with Gasteiger partial charge in [0, 0.05) is 11.8 Å². The lowest BCUT2D eigenvalue weighted by Gasteiger charge is -2.07. The number of aryl methyl sites for hydroxylation is 1. The number of rotatable bonds is 2. The van der Waals surface area contributed by atoms with Crippen molar-refractivity contribution >= 4 is 0 Å². The normalized spacial score (nSPS) is 10.1. The molecule has 0 unspecified atom stereocenters. The van der Waals surface area contributed by atoms with Gasteiger partial charge in [0.05, 0.1) is 7.11 Å². The van der Waals surface area contributed by atoms with Gasteiger partial charge in [0.15, 0.2) is 0 Å². The molecule has 82 valence electrons. The summed E-state index contributed by atoms with van der Waals surface area (Å²) < 4.78 is 5.18. The van der Waals surface area contributed by atoms with E-state index in [-0.39, 0.29) is 5.75 Å². The van der Waals surface area contributed by atoms with Crippen molar-refractivity contribution in [3.05, 3.63) is 42.1 Å². The van der Waals surface area contributed by atoms with E-state index in [9.17, 15) is 5.11 Å². The molecule has 3 nitrogen and oxygen atoms in total. The Labute approximate surface area is 94.3 Å². The molecular formula is C13H13NO2. The predicted octanol–water partition coefficient (Wildman–Crippen LogP) is 2.77. The number of benzene rings is 1. The summed E-state index contributed by atoms with van der Waals surface area (Å²) in [7, 11) is 1.64. The largest absolute Gasteiger partial charge is 0.506 e. The van der Waals surface area contributed by atoms with Crippen molar-refractivity contribution < 1.29 is 9.84 Å². The quantitative estimate of drug-likeness (QED) is 0.837. The van der Waals surface area contributed by atoms with Gasteiger partial charge in [0.25, 0.3) is 0 Å². The summed E-state index contributed by atoms with van der Waals surface area (Å²) in [5.41, 5.74) is 2.50. The molecule has 2 aromatic rings. The van der Waals surface area contributed by atoms with Crippen LogP contribution in [0.4, 0.5) is 0 Å². The number of hydrogen-bond acceptors (Lipinski definition) is 3. The second-order valence-corrected chi connectivity index (χ2v) is 3.56. The van der Waals surface area contributed by atoms with Gasteiger partial charge < -0.3 is 9.84 Å². The van der Waals surface area contributed by atoms with Crippen molar-refractivity contribution in [2.45, 2.75) is 6.92 Å². The Morgan fingerprint density at radius 2 is 2.06 bits per heavy atom. The lowest BCUT2D eigenvalue weighted by Crippen LogP contribution is -1.89. The molecule has 0 aliphatic rings. The third kappa shape index (κ3) is 1.84. The molecule has 0 atom stereocenters. The Kier molecular flexibility index (Phi) is 2.77. The molecule has 0 spiro atoms. The zero-order valence-corrected chi connectivity index (χ0v) is 9.27. The summed E-state index contributed by atoms with van der Waals surface area (Å²) in [6, 6.07) is 9.03. The van der Waals surface area contributed by atoms with Crippen LogP contribution in [0.15, 0.2) is 36.5 Å². The molecule has 0 aliphatic carbocycles. The highest BCUT2D eigenvalue weighted by atomic mass is 16.5. The monoisotopic (exact) mass is 215 g/mol. The van der Waals surface area contributed by atoms with Crippen molar-refractivity contribution in [2.24, 2.45) is 0 Å². The van der Waals surface area contributed by atoms with Crippen molar-refractivity contribution in [1.29, 1.82) is 0 Å². The van der Waals surface area contributed by atoms with Crippen molar-refractivity contribution in [3.8, 4) is 22.8 Å². The molecule has 1 N–H and O–H groups in total. The van der Waals surface area contributed by atoms with Crippen molar-refractivity contribution in [2.75, 3.05) is 7.11 Å². The molecule has 1 aromatic carbocycles. The van der Waals surface area contributed by atoms with E-state index >= 15 is 0 Å². The van der Waals surface area contributed by atoms with Gasteiger partial charge >= 0.3 is 0 Å². The third-order valence-electron chi connectivity index (χ3n) is 2.45. The molecule has 16 heavy (non-hydrogen) atoms. The van der Waals surface area contributed by atoms with Crippen molar-refractivity contribution in [1.82, 2.24) is 4.98 Å². The summed E-state index contributed by atoms with van der Waals surface area (Å²) >= 11 is 0. The van der Waals surface area contributed by atoms with E-state index in [1.165, 1.54) is 0 Å². The molecular weight excluding hydrogens is 202 g/mol. The van der Waals surface area contributed by atoms with E-state index in [2.05, 4.69) is 4.98 Å². The zero-order chi connectivity index (χ0) is 11.5. The molecule has 3 heteroatoms. The van der Waals surface area contributed by atoms with E-state index in [4.69, 9.17) is 4.74 Å². The van der Waals surface area contributed by atoms with Gasteiger partial charge in [-0.2, -0.15) is 0 Å². The lowest BCUT2D eigenvalue weighted by atomic mass is 10.1. The maximum atomic E-state index is 9.69. The summed E-state index contributed by atoms with van der Waals surface area (Å²) in [4.78, 5) is 4.15. The number of aromatic hydroxyl groups is 1. The van der Waals surface area contributed by atoms with E-state index < -0.39 is 0 Å². The van der Waals surface area contributed by atoms with Crippen LogP contribution in [0.3, 0.4) is 0 Å². The topological polar surface area (TPSA) is 42.4 Å². The first-order chi connectivity index (χ1) is 7.72. The van der Waals surface area contributed by atoms with Crippen LogP contribution < -0.4 is 4.74 Å². The number of pyridine rings is 1. The van der Waals surface area contributed by atoms with Crippen LogP contribution in [0.5, 0.6) is 11.5 Å². The Hall–Kier alpha value is -2.03. The zero-order valence-electron chi connectivity index (χ0n) is 9.27. The highest BCUT2D eigenvalue weighted by Gasteiger charge is 2.06. The first kappa shape index (κ1) is 10.5. The first-order valence-corrected chi connectivity index (χ1v) is 5.01. The Morgan fingerprint density at radius 1 is 1.25 bits per heavy atom. The lowest BCUT2D eigenvalue weighted by molar-refractivity contribution is 0.411. The van der Waals surface area contributed by atoms with Gasteiger partial charge in [-0.3, -0.25) is 4.98 Å². The number of ether oxygens (including phenoxy) is 1. The van der Waals surface area contributed by atoms with Crippen LogP contribution in [0.1, 0.15) is 5.56 Å². The van der Waals surface area contributed by atoms with E-state index in [1.54, 1.807) is 25.4 Å². The molecule has 2 rings (SSSR count). The van der Waals surface area contributed by atoms with Gasteiger partial charge in [-0.25, -0.2) is 0 Å². The number of aromatic nitrogens is 1. The molecule has 0 amide bonds. The average molecular weight is 215 g/mol. The fraction of sp³-hybridized carbons (Fsp3) is 0.154. The van der Waals surface area contributed by atoms with Crippen LogP contribution in [-0.4, -0.2) is 17.2 Å². The minimum absolute atomic E-state index is 0.187. The molecule has 0 bridgehead atoms. The summed E-state index contributed by atoms with van der Waals surface area (Å²) in [6.07, 6.45) is 1.66. The van der Waals surface area contributed by atoms with Crippen LogP contribution in [0, 0.1) is 6.92 Å². The highest BCUT2D eigenvalue weighted by Crippen LogP contribution is 2.29. The maximum Gasteiger partial charge on any atom is 0.141 e. The van der Waals surface area contributed by atoms with Crippen LogP contribution in [0.25, 0.3) is 11.3 Å². The maximum absolute atomic E-state index is 9.69. The fourth-order valence-corrected chi connectivity index (χ4v) is 1.64. The van der Waals surface area contributed by atoms with Crippen LogP contribution in [-0.2, 0) is 0 Å². The number of hydrogen-bond donors (Lipinski definition) is 1. The molecule has 0 saturated heterocycles. The number of nitrogens with zero attached hydrogens (tertiary/aromatic N) is 1. The fourth-order valence-electron chi connectivity index (χ4n) is 1.64. The summed E-state index contributed by atoms with van der Waals surface area (Å²) in [6.45, 7) is 1.96. The van der Waals surface area contributed by atoms with Gasteiger partial charge in [0.2, 0.25) is 0 Å². The SMILES string of the molecule is COc1ccc(-c2ncccc2O)cc1C. The van der Waals surface area contributed by atoms with E-state index in [0.717, 1.165) is 16.9 Å². The predicted molar refractivity (Wildman–Crippen MR) is 62.6 cm³/mol. The molecule has 0 aliphatic heterocycles. The Bertz CT molecular complexity index is 509. The van der Waals surface area contributed by atoms with Gasteiger partial charge in [-0.15, -0.1) is 0 Å². The first-order valence-electron chi connectivity index (χ1n) is 5.01. The van der Waals surface area contributed by atoms with Crippen LogP contribution in [0.2, 0.25) is 0 Å². The van der Waals surface area contributed by atoms with Crippen LogP contribution >= 0.6 is 0 Å². The second kappa shape index (κ2) is 4.23. The Balaban J connectivity index is 2.50. The summed E-state index contributed by atoms with van der Waals surface area (Å²) in [5, 5.41) is 9.69. The summed E-state index contributed by atoms with van der Waals surface area (Å²) in [5.74, 6) is 1.02. The molecule has 1 aromatic heterocycles. The molecule has 0 radical (unpaired) electrons. The van der Waals surface area contributed by atoms with Gasteiger partial charge in [0.1, 0.15) is 17.2 Å². The smallest absolute Gasteiger partial charge is 0.141 e. The molecule has 0 saturated carbocycles. The highest BCUT2D eigenvalue weighted by molar-refractivity contribution is 5.67. The minimum atomic E-state index is 0.187. The minimum Gasteiger partial charge on any atom is -0.506 e. The average Bonchev–Trinajstić information content (AvgIpc) is 2.29. The van der Waals surface area contributed by atoms with E-state index in [1.807, 2.05) is 25.1 Å². The van der Waals surface area contributed by atoms with Gasteiger partial charge in [-0.1, -0.05) is 0 Å². The molecule has 0 fully saturated rings. The van der Waals surface area contributed by atoms with E-state index in [0.29, 0.717) is 5.69 Å². The second-order valence-electron chi connectivity index (χ2n) is 3.56. The number of methoxy groups -OCH3 is 1.